The molecule has 20 heavy (non-hydrogen) atoms. The van der Waals surface area contributed by atoms with Crippen LogP contribution in [0.4, 0.5) is 5.69 Å². The highest BCUT2D eigenvalue weighted by atomic mass is 35.5. The first kappa shape index (κ1) is 14.0. The van der Waals surface area contributed by atoms with Gasteiger partial charge in [-0.2, -0.15) is 0 Å². The Bertz CT molecular complexity index is 648. The quantitative estimate of drug-likeness (QED) is 0.911. The van der Waals surface area contributed by atoms with Crippen LogP contribution in [-0.2, 0) is 0 Å². The molecule has 0 saturated heterocycles. The molecule has 1 aromatic heterocycles. The fraction of sp³-hybridized carbons (Fsp3) is 0.0714. The topological polar surface area (TPSA) is 79.3 Å². The zero-order valence-corrected chi connectivity index (χ0v) is 11.3. The van der Waals surface area contributed by atoms with Crippen LogP contribution >= 0.6 is 11.6 Å². The molecule has 5 nitrogen and oxygen atoms in total. The number of carbonyl (C=O) groups is 2. The van der Waals surface area contributed by atoms with Crippen LogP contribution in [0, 0.1) is 6.92 Å². The largest absolute Gasteiger partial charge is 0.478 e. The lowest BCUT2D eigenvalue weighted by Crippen LogP contribution is -2.15. The molecule has 2 N–H and O–H groups in total. The third-order valence-corrected chi connectivity index (χ3v) is 3.02. The Morgan fingerprint density at radius 2 is 2.00 bits per heavy atom. The highest BCUT2D eigenvalue weighted by Crippen LogP contribution is 2.25. The highest BCUT2D eigenvalue weighted by Gasteiger charge is 2.12. The first-order valence-electron chi connectivity index (χ1n) is 5.75. The number of hydrogen-bond donors (Lipinski definition) is 2. The summed E-state index contributed by atoms with van der Waals surface area (Å²) in [4.78, 5) is 26.5. The zero-order chi connectivity index (χ0) is 14.7. The molecule has 0 aliphatic rings. The van der Waals surface area contributed by atoms with Crippen molar-refractivity contribution >= 4 is 29.2 Å². The van der Waals surface area contributed by atoms with Crippen LogP contribution in [0.2, 0.25) is 5.02 Å². The number of amides is 1. The van der Waals surface area contributed by atoms with Crippen molar-refractivity contribution in [2.45, 2.75) is 6.92 Å². The van der Waals surface area contributed by atoms with Gasteiger partial charge >= 0.3 is 5.97 Å². The van der Waals surface area contributed by atoms with Crippen LogP contribution in [0.25, 0.3) is 0 Å². The van der Waals surface area contributed by atoms with Crippen LogP contribution in [0.1, 0.15) is 26.4 Å². The molecule has 1 aromatic carbocycles. The van der Waals surface area contributed by atoms with E-state index >= 15 is 0 Å². The number of benzene rings is 1. The first-order chi connectivity index (χ1) is 9.49. The van der Waals surface area contributed by atoms with Crippen LogP contribution in [0.5, 0.6) is 0 Å². The summed E-state index contributed by atoms with van der Waals surface area (Å²) in [7, 11) is 0. The van der Waals surface area contributed by atoms with Crippen molar-refractivity contribution in [2.75, 3.05) is 5.32 Å². The minimum atomic E-state index is -1.09. The molecule has 0 aliphatic carbocycles. The van der Waals surface area contributed by atoms with E-state index in [0.717, 1.165) is 11.8 Å². The molecule has 0 aliphatic heterocycles. The molecule has 0 saturated carbocycles. The average molecular weight is 291 g/mol. The van der Waals surface area contributed by atoms with Crippen LogP contribution in [0.15, 0.2) is 36.5 Å². The predicted octanol–water partition coefficient (Wildman–Crippen LogP) is 2.99. The van der Waals surface area contributed by atoms with E-state index in [-0.39, 0.29) is 11.3 Å². The molecule has 6 heteroatoms. The Balaban J connectivity index is 2.22. The van der Waals surface area contributed by atoms with E-state index < -0.39 is 11.9 Å². The Morgan fingerprint density at radius 1 is 1.25 bits per heavy atom. The Morgan fingerprint density at radius 3 is 2.55 bits per heavy atom. The summed E-state index contributed by atoms with van der Waals surface area (Å²) in [6.45, 7) is 1.82. The number of aryl methyl sites for hydroxylation is 1. The summed E-state index contributed by atoms with van der Waals surface area (Å²) in [6.07, 6.45) is 1.14. The highest BCUT2D eigenvalue weighted by molar-refractivity contribution is 6.34. The molecule has 1 heterocycles. The molecular formula is C14H11ClN2O3. The maximum atomic E-state index is 12.0. The summed E-state index contributed by atoms with van der Waals surface area (Å²) < 4.78 is 0. The summed E-state index contributed by atoms with van der Waals surface area (Å²) in [5.74, 6) is -1.54. The average Bonchev–Trinajstić information content (AvgIpc) is 2.43. The molecular weight excluding hydrogens is 280 g/mol. The van der Waals surface area contributed by atoms with E-state index in [1.54, 1.807) is 12.1 Å². The molecule has 2 aromatic rings. The van der Waals surface area contributed by atoms with Gasteiger partial charge in [0.15, 0.2) is 0 Å². The van der Waals surface area contributed by atoms with Gasteiger partial charge in [0.1, 0.15) is 5.69 Å². The molecule has 102 valence electrons. The number of halogens is 1. The van der Waals surface area contributed by atoms with Gasteiger partial charge in [0.05, 0.1) is 16.3 Å². The lowest BCUT2D eigenvalue weighted by atomic mass is 10.2. The number of hydrogen-bond acceptors (Lipinski definition) is 3. The number of carboxylic acids is 1. The number of para-hydroxylation sites is 1. The number of aromatic nitrogens is 1. The number of aromatic carboxylic acids is 1. The van der Waals surface area contributed by atoms with E-state index in [9.17, 15) is 9.59 Å². The van der Waals surface area contributed by atoms with Gasteiger partial charge < -0.3 is 10.4 Å². The molecule has 0 radical (unpaired) electrons. The van der Waals surface area contributed by atoms with E-state index in [2.05, 4.69) is 10.3 Å². The minimum absolute atomic E-state index is 0.0236. The molecule has 2 rings (SSSR count). The van der Waals surface area contributed by atoms with Gasteiger partial charge in [0.25, 0.3) is 5.91 Å². The maximum absolute atomic E-state index is 12.0. The smallest absolute Gasteiger partial charge is 0.337 e. The Hall–Kier alpha value is -2.40. The Labute approximate surface area is 120 Å². The molecule has 0 fully saturated rings. The van der Waals surface area contributed by atoms with Crippen molar-refractivity contribution in [1.82, 2.24) is 4.98 Å². The number of rotatable bonds is 3. The van der Waals surface area contributed by atoms with Crippen molar-refractivity contribution in [3.8, 4) is 0 Å². The number of carbonyl (C=O) groups excluding carboxylic acids is 1. The van der Waals surface area contributed by atoms with Gasteiger partial charge in [-0.3, -0.25) is 9.78 Å². The fourth-order valence-corrected chi connectivity index (χ4v) is 1.89. The predicted molar refractivity (Wildman–Crippen MR) is 75.3 cm³/mol. The molecule has 0 unspecified atom stereocenters. The maximum Gasteiger partial charge on any atom is 0.337 e. The first-order valence-corrected chi connectivity index (χ1v) is 6.12. The van der Waals surface area contributed by atoms with E-state index in [0.29, 0.717) is 10.7 Å². The third-order valence-electron chi connectivity index (χ3n) is 2.70. The monoisotopic (exact) mass is 290 g/mol. The van der Waals surface area contributed by atoms with E-state index in [1.807, 2.05) is 13.0 Å². The van der Waals surface area contributed by atoms with Crippen LogP contribution in [-0.4, -0.2) is 22.0 Å². The summed E-state index contributed by atoms with van der Waals surface area (Å²) in [6, 6.07) is 7.95. The van der Waals surface area contributed by atoms with Gasteiger partial charge in [-0.1, -0.05) is 23.7 Å². The van der Waals surface area contributed by atoms with Crippen molar-refractivity contribution in [3.05, 3.63) is 58.4 Å². The molecule has 1 amide bonds. The lowest BCUT2D eigenvalue weighted by molar-refractivity contribution is 0.0696. The molecule has 0 bridgehead atoms. The number of anilines is 1. The summed E-state index contributed by atoms with van der Waals surface area (Å²) >= 11 is 6.02. The number of carboxylic acid groups (broad SMARTS) is 1. The molecule has 0 atom stereocenters. The number of nitrogens with zero attached hydrogens (tertiary/aromatic N) is 1. The molecule has 0 spiro atoms. The minimum Gasteiger partial charge on any atom is -0.478 e. The van der Waals surface area contributed by atoms with E-state index in [4.69, 9.17) is 16.7 Å². The fourth-order valence-electron chi connectivity index (χ4n) is 1.62. The SMILES string of the molecule is Cc1cccc(Cl)c1NC(=O)c1ccc(C(=O)O)cn1. The second-order valence-electron chi connectivity index (χ2n) is 4.12. The standard InChI is InChI=1S/C14H11ClN2O3/c1-8-3-2-4-10(15)12(8)17-13(18)11-6-5-9(7-16-11)14(19)20/h2-7H,1H3,(H,17,18)(H,19,20). The summed E-state index contributed by atoms with van der Waals surface area (Å²) in [5, 5.41) is 11.9. The number of nitrogens with one attached hydrogen (secondary N) is 1. The van der Waals surface area contributed by atoms with Crippen LogP contribution < -0.4 is 5.32 Å². The van der Waals surface area contributed by atoms with E-state index in [1.165, 1.54) is 12.1 Å². The third kappa shape index (κ3) is 2.95. The second-order valence-corrected chi connectivity index (χ2v) is 4.53. The van der Waals surface area contributed by atoms with Gasteiger partial charge in [0, 0.05) is 6.20 Å². The van der Waals surface area contributed by atoms with Crippen molar-refractivity contribution < 1.29 is 14.7 Å². The van der Waals surface area contributed by atoms with Gasteiger partial charge in [0.2, 0.25) is 0 Å². The van der Waals surface area contributed by atoms with Crippen LogP contribution in [0.3, 0.4) is 0 Å². The normalized spacial score (nSPS) is 10.1. The van der Waals surface area contributed by atoms with Gasteiger partial charge in [-0.25, -0.2) is 4.79 Å². The lowest BCUT2D eigenvalue weighted by Gasteiger charge is -2.09. The van der Waals surface area contributed by atoms with Gasteiger partial charge in [-0.15, -0.1) is 0 Å². The Kier molecular flexibility index (Phi) is 4.00. The van der Waals surface area contributed by atoms with Crippen molar-refractivity contribution in [3.63, 3.8) is 0 Å². The van der Waals surface area contributed by atoms with Gasteiger partial charge in [-0.05, 0) is 30.7 Å². The van der Waals surface area contributed by atoms with Crippen molar-refractivity contribution in [2.24, 2.45) is 0 Å². The second kappa shape index (κ2) is 5.71. The zero-order valence-electron chi connectivity index (χ0n) is 10.6. The number of pyridine rings is 1. The van der Waals surface area contributed by atoms with Crippen molar-refractivity contribution in [1.29, 1.82) is 0 Å². The summed E-state index contributed by atoms with van der Waals surface area (Å²) in [5.41, 5.74) is 1.49.